The summed E-state index contributed by atoms with van der Waals surface area (Å²) in [5.74, 6) is -1.12. The van der Waals surface area contributed by atoms with Gasteiger partial charge in [-0.15, -0.1) is 0 Å². The lowest BCUT2D eigenvalue weighted by atomic mass is 9.78. The molecule has 0 heterocycles. The zero-order valence-corrected chi connectivity index (χ0v) is 33.7. The highest BCUT2D eigenvalue weighted by molar-refractivity contribution is 5.87. The summed E-state index contributed by atoms with van der Waals surface area (Å²) in [5, 5.41) is 37.8. The van der Waals surface area contributed by atoms with E-state index in [4.69, 9.17) is 28.4 Å². The second kappa shape index (κ2) is 34.7. The molecular weight excluding hydrogens is 702 g/mol. The Morgan fingerprint density at radius 1 is 0.500 bits per heavy atom. The van der Waals surface area contributed by atoms with Crippen molar-refractivity contribution >= 4 is 17.7 Å². The van der Waals surface area contributed by atoms with Crippen molar-refractivity contribution in [3.63, 3.8) is 0 Å². The maximum absolute atomic E-state index is 11.1. The van der Waals surface area contributed by atoms with E-state index in [0.29, 0.717) is 31.1 Å². The number of nitrogens with one attached hydrogen (secondary N) is 3. The van der Waals surface area contributed by atoms with E-state index in [-0.39, 0.29) is 97.4 Å². The second-order valence-corrected chi connectivity index (χ2v) is 13.0. The SMILES string of the molecule is C=CC(=O)NCOCC(O)CCOCC(CC)(COCCC(O)COCNC(=O)C=C)COCCC(O)COCNC(=O)C=C.CCC(CC)(CC)CC. The summed E-state index contributed by atoms with van der Waals surface area (Å²) in [5.41, 5.74) is 0.114. The smallest absolute Gasteiger partial charge is 0.245 e. The van der Waals surface area contributed by atoms with Crippen LogP contribution in [-0.4, -0.2) is 131 Å². The fourth-order valence-corrected chi connectivity index (χ4v) is 4.87. The van der Waals surface area contributed by atoms with Crippen LogP contribution in [0.25, 0.3) is 0 Å². The zero-order chi connectivity index (χ0) is 41.1. The van der Waals surface area contributed by atoms with Gasteiger partial charge in [0.15, 0.2) is 0 Å². The minimum absolute atomic E-state index is 0.0191. The fourth-order valence-electron chi connectivity index (χ4n) is 4.87. The van der Waals surface area contributed by atoms with Gasteiger partial charge in [-0.3, -0.25) is 14.4 Å². The van der Waals surface area contributed by atoms with E-state index in [1.54, 1.807) is 0 Å². The van der Waals surface area contributed by atoms with Gasteiger partial charge in [0.2, 0.25) is 17.7 Å². The molecule has 3 amide bonds. The van der Waals surface area contributed by atoms with E-state index in [0.717, 1.165) is 18.2 Å². The minimum atomic E-state index is -0.795. The highest BCUT2D eigenvalue weighted by atomic mass is 16.5. The quantitative estimate of drug-likeness (QED) is 0.0313. The fraction of sp³-hybridized carbons (Fsp3) is 0.769. The van der Waals surface area contributed by atoms with Crippen molar-refractivity contribution in [1.82, 2.24) is 16.0 Å². The molecule has 15 heteroatoms. The molecule has 0 saturated carbocycles. The lowest BCUT2D eigenvalue weighted by Gasteiger charge is -2.32. The molecule has 0 aromatic carbocycles. The van der Waals surface area contributed by atoms with Crippen molar-refractivity contribution in [1.29, 1.82) is 0 Å². The topological polar surface area (TPSA) is 203 Å². The molecule has 316 valence electrons. The molecule has 0 radical (unpaired) electrons. The summed E-state index contributed by atoms with van der Waals surface area (Å²) in [6.45, 7) is 22.6. The molecule has 0 saturated heterocycles. The van der Waals surface area contributed by atoms with Crippen molar-refractivity contribution in [2.24, 2.45) is 10.8 Å². The Morgan fingerprint density at radius 3 is 0.963 bits per heavy atom. The third kappa shape index (κ3) is 28.7. The molecular formula is C39H73N3O12. The Hall–Kier alpha value is -2.73. The minimum Gasteiger partial charge on any atom is -0.391 e. The van der Waals surface area contributed by atoms with Gasteiger partial charge in [0.1, 0.15) is 20.2 Å². The van der Waals surface area contributed by atoms with Crippen LogP contribution in [0.1, 0.15) is 86.0 Å². The average Bonchev–Trinajstić information content (AvgIpc) is 3.19. The molecule has 3 unspecified atom stereocenters. The Labute approximate surface area is 324 Å². The number of carbonyl (C=O) groups excluding carboxylic acids is 3. The summed E-state index contributed by atoms with van der Waals surface area (Å²) < 4.78 is 33.3. The normalized spacial score (nSPS) is 14.0. The number of hydrogen-bond acceptors (Lipinski definition) is 12. The lowest BCUT2D eigenvalue weighted by molar-refractivity contribution is -0.119. The zero-order valence-electron chi connectivity index (χ0n) is 33.7. The van der Waals surface area contributed by atoms with Crippen molar-refractivity contribution < 1.29 is 58.1 Å². The Kier molecular flexibility index (Phi) is 34.3. The van der Waals surface area contributed by atoms with Crippen molar-refractivity contribution in [2.45, 2.75) is 104 Å². The maximum Gasteiger partial charge on any atom is 0.245 e. The highest BCUT2D eigenvalue weighted by Crippen LogP contribution is 2.33. The van der Waals surface area contributed by atoms with Gasteiger partial charge in [-0.1, -0.05) is 80.0 Å². The van der Waals surface area contributed by atoms with E-state index < -0.39 is 23.7 Å². The first kappa shape index (κ1) is 53.4. The summed E-state index contributed by atoms with van der Waals surface area (Å²) >= 11 is 0. The standard InChI is InChI=1S/C30H53N3O12.C9H20/c1-5-27(37)31-21-43-15-24(34)9-12-40-18-30(8-4,19-41-13-10-25(35)16-44-22-32-28(38)6-2)20-42-14-11-26(36)17-45-23-33-29(39)7-3;1-5-9(6-2,7-3)8-4/h5-7,24-26,34-36H,1-3,8-23H2,4H3,(H,31,37)(H,32,38)(H,33,39);5-8H2,1-4H3. The Bertz CT molecular complexity index is 876. The molecule has 0 spiro atoms. The van der Waals surface area contributed by atoms with Crippen LogP contribution in [0.4, 0.5) is 0 Å². The van der Waals surface area contributed by atoms with Gasteiger partial charge in [-0.2, -0.15) is 0 Å². The maximum atomic E-state index is 11.1. The van der Waals surface area contributed by atoms with Crippen LogP contribution in [0.15, 0.2) is 38.0 Å². The van der Waals surface area contributed by atoms with E-state index in [9.17, 15) is 29.7 Å². The molecule has 54 heavy (non-hydrogen) atoms. The monoisotopic (exact) mass is 776 g/mol. The molecule has 0 aliphatic carbocycles. The van der Waals surface area contributed by atoms with Crippen LogP contribution >= 0.6 is 0 Å². The van der Waals surface area contributed by atoms with Crippen molar-refractivity contribution in [3.8, 4) is 0 Å². The van der Waals surface area contributed by atoms with Crippen LogP contribution < -0.4 is 16.0 Å². The molecule has 0 fully saturated rings. The number of aliphatic hydroxyl groups is 3. The Balaban J connectivity index is 0. The van der Waals surface area contributed by atoms with Crippen molar-refractivity contribution in [2.75, 3.05) is 79.7 Å². The Morgan fingerprint density at radius 2 is 0.759 bits per heavy atom. The molecule has 3 atom stereocenters. The summed E-state index contributed by atoms with van der Waals surface area (Å²) in [6, 6.07) is 0. The summed E-state index contributed by atoms with van der Waals surface area (Å²) in [6.07, 6.45) is 7.89. The molecule has 0 aromatic rings. The third-order valence-electron chi connectivity index (χ3n) is 9.29. The van der Waals surface area contributed by atoms with E-state index in [2.05, 4.69) is 63.4 Å². The van der Waals surface area contributed by atoms with Gasteiger partial charge in [0, 0.05) is 25.2 Å². The van der Waals surface area contributed by atoms with Crippen LogP contribution in [0.5, 0.6) is 0 Å². The second-order valence-electron chi connectivity index (χ2n) is 13.0. The number of hydrogen-bond donors (Lipinski definition) is 6. The van der Waals surface area contributed by atoms with Crippen LogP contribution in [-0.2, 0) is 42.8 Å². The summed E-state index contributed by atoms with van der Waals surface area (Å²) in [7, 11) is 0. The largest absolute Gasteiger partial charge is 0.391 e. The molecule has 0 aliphatic rings. The highest BCUT2D eigenvalue weighted by Gasteiger charge is 2.30. The number of rotatable bonds is 35. The number of amides is 3. The van der Waals surface area contributed by atoms with E-state index in [1.807, 2.05) is 6.92 Å². The average molecular weight is 776 g/mol. The predicted octanol–water partition coefficient (Wildman–Crippen LogP) is 3.13. The van der Waals surface area contributed by atoms with Gasteiger partial charge < -0.3 is 59.7 Å². The molecule has 0 rings (SSSR count). The van der Waals surface area contributed by atoms with Crippen LogP contribution in [0.2, 0.25) is 0 Å². The third-order valence-corrected chi connectivity index (χ3v) is 9.29. The first-order valence-corrected chi connectivity index (χ1v) is 19.1. The van der Waals surface area contributed by atoms with Crippen molar-refractivity contribution in [3.05, 3.63) is 38.0 Å². The predicted molar refractivity (Wildman–Crippen MR) is 208 cm³/mol. The molecule has 0 bridgehead atoms. The molecule has 0 aromatic heterocycles. The van der Waals surface area contributed by atoms with Gasteiger partial charge in [0.05, 0.1) is 58.0 Å². The number of aliphatic hydroxyl groups excluding tert-OH is 3. The first-order chi connectivity index (χ1) is 25.8. The molecule has 15 nitrogen and oxygen atoms in total. The molecule has 0 aliphatic heterocycles. The van der Waals surface area contributed by atoms with Gasteiger partial charge >= 0.3 is 0 Å². The van der Waals surface area contributed by atoms with E-state index in [1.165, 1.54) is 25.7 Å². The van der Waals surface area contributed by atoms with Crippen LogP contribution in [0, 0.1) is 10.8 Å². The summed E-state index contributed by atoms with van der Waals surface area (Å²) in [4.78, 5) is 33.4. The first-order valence-electron chi connectivity index (χ1n) is 19.1. The van der Waals surface area contributed by atoms with Gasteiger partial charge in [-0.25, -0.2) is 0 Å². The molecule has 6 N–H and O–H groups in total. The van der Waals surface area contributed by atoms with Gasteiger partial charge in [0.25, 0.3) is 0 Å². The van der Waals surface area contributed by atoms with E-state index >= 15 is 0 Å². The number of carbonyl (C=O) groups is 3. The van der Waals surface area contributed by atoms with Crippen LogP contribution in [0.3, 0.4) is 0 Å². The van der Waals surface area contributed by atoms with Gasteiger partial charge in [-0.05, 0) is 49.3 Å². The lowest BCUT2D eigenvalue weighted by Crippen LogP contribution is -2.38. The number of ether oxygens (including phenoxy) is 6.